The minimum absolute atomic E-state index is 0.867. The Hall–Kier alpha value is -0.440. The van der Waals surface area contributed by atoms with Crippen molar-refractivity contribution in [1.29, 1.82) is 0 Å². The highest BCUT2D eigenvalue weighted by atomic mass is 14.1. The molecule has 1 atom stereocenters. The van der Waals surface area contributed by atoms with Gasteiger partial charge in [0.05, 0.1) is 0 Å². The van der Waals surface area contributed by atoms with Gasteiger partial charge in [0.25, 0.3) is 0 Å². The van der Waals surface area contributed by atoms with Crippen molar-refractivity contribution in [3.05, 3.63) is 0 Å². The van der Waals surface area contributed by atoms with Gasteiger partial charge >= 0.3 is 0 Å². The summed E-state index contributed by atoms with van der Waals surface area (Å²) in [6.07, 6.45) is 42.6. The maximum absolute atomic E-state index is 3.43. The van der Waals surface area contributed by atoms with E-state index in [1.54, 1.807) is 0 Å². The molecule has 0 aliphatic carbocycles. The van der Waals surface area contributed by atoms with E-state index < -0.39 is 0 Å². The topological polar surface area (TPSA) is 0 Å². The molecule has 0 aromatic heterocycles. The number of unbranched alkanes of at least 4 members (excludes halogenated alkanes) is 24. The molecular weight excluding hydrogens is 456 g/mol. The van der Waals surface area contributed by atoms with E-state index in [9.17, 15) is 0 Å². The van der Waals surface area contributed by atoms with E-state index in [-0.39, 0.29) is 0 Å². The first-order valence-corrected chi connectivity index (χ1v) is 18.1. The first kappa shape index (κ1) is 37.6. The first-order chi connectivity index (χ1) is 18.7. The molecule has 0 saturated heterocycles. The molecular formula is C38H74. The Morgan fingerprint density at radius 1 is 0.342 bits per heavy atom. The van der Waals surface area contributed by atoms with Gasteiger partial charge in [-0.15, -0.1) is 11.8 Å². The highest BCUT2D eigenvalue weighted by molar-refractivity contribution is 4.98. The van der Waals surface area contributed by atoms with Crippen molar-refractivity contribution in [2.45, 2.75) is 220 Å². The molecule has 0 rings (SSSR count). The van der Waals surface area contributed by atoms with Gasteiger partial charge in [0.2, 0.25) is 0 Å². The predicted molar refractivity (Wildman–Crippen MR) is 176 cm³/mol. The Morgan fingerprint density at radius 3 is 1.03 bits per heavy atom. The number of rotatable bonds is 30. The van der Waals surface area contributed by atoms with E-state index in [2.05, 4.69) is 39.5 Å². The molecule has 0 fully saturated rings. The zero-order valence-corrected chi connectivity index (χ0v) is 27.4. The lowest BCUT2D eigenvalue weighted by Crippen LogP contribution is -1.96. The summed E-state index contributed by atoms with van der Waals surface area (Å²) in [5, 5.41) is 0. The van der Waals surface area contributed by atoms with E-state index >= 15 is 0 Å². The maximum Gasteiger partial charge on any atom is 0.00886 e. The Labute approximate surface area is 243 Å². The second kappa shape index (κ2) is 32.8. The van der Waals surface area contributed by atoms with Crippen molar-refractivity contribution in [2.24, 2.45) is 11.8 Å². The van der Waals surface area contributed by atoms with Crippen LogP contribution in [0.1, 0.15) is 220 Å². The second-order valence-electron chi connectivity index (χ2n) is 13.2. The smallest absolute Gasteiger partial charge is 0.00886 e. The minimum Gasteiger partial charge on any atom is -0.103 e. The van der Waals surface area contributed by atoms with E-state index in [4.69, 9.17) is 0 Å². The molecule has 38 heavy (non-hydrogen) atoms. The van der Waals surface area contributed by atoms with Crippen molar-refractivity contribution < 1.29 is 0 Å². The van der Waals surface area contributed by atoms with Crippen LogP contribution in [-0.4, -0.2) is 0 Å². The summed E-state index contributed by atoms with van der Waals surface area (Å²) < 4.78 is 0. The summed E-state index contributed by atoms with van der Waals surface area (Å²) in [4.78, 5) is 0. The Kier molecular flexibility index (Phi) is 32.4. The van der Waals surface area contributed by atoms with Gasteiger partial charge in [-0.3, -0.25) is 0 Å². The lowest BCUT2D eigenvalue weighted by Gasteiger charge is -2.11. The summed E-state index contributed by atoms with van der Waals surface area (Å²) in [7, 11) is 0. The molecule has 0 radical (unpaired) electrons. The second-order valence-corrected chi connectivity index (χ2v) is 13.2. The molecule has 0 aliphatic rings. The zero-order chi connectivity index (χ0) is 27.8. The first-order valence-electron chi connectivity index (χ1n) is 18.1. The van der Waals surface area contributed by atoms with Crippen molar-refractivity contribution in [3.63, 3.8) is 0 Å². The molecule has 0 heteroatoms. The molecule has 0 spiro atoms. The molecule has 0 aromatic rings. The van der Waals surface area contributed by atoms with E-state index in [1.165, 1.54) is 180 Å². The fourth-order valence-electron chi connectivity index (χ4n) is 5.72. The number of hydrogen-bond donors (Lipinski definition) is 0. The van der Waals surface area contributed by atoms with Gasteiger partial charge in [0.15, 0.2) is 0 Å². The maximum atomic E-state index is 3.43. The van der Waals surface area contributed by atoms with E-state index in [1.807, 2.05) is 0 Å². The van der Waals surface area contributed by atoms with Crippen LogP contribution >= 0.6 is 0 Å². The summed E-state index contributed by atoms with van der Waals surface area (Å²) in [5.74, 6) is 8.64. The SMILES string of the molecule is CCCCCCCCCCCCCCCCCCCCCCCCC#CCCCCC(C)CCCC(C)C. The van der Waals surface area contributed by atoms with Gasteiger partial charge < -0.3 is 0 Å². The molecule has 0 N–H and O–H groups in total. The molecule has 226 valence electrons. The van der Waals surface area contributed by atoms with Crippen molar-refractivity contribution in [1.82, 2.24) is 0 Å². The third-order valence-corrected chi connectivity index (χ3v) is 8.51. The van der Waals surface area contributed by atoms with E-state index in [0.717, 1.165) is 24.7 Å². The largest absolute Gasteiger partial charge is 0.103 e. The van der Waals surface area contributed by atoms with Crippen LogP contribution in [0.4, 0.5) is 0 Å². The van der Waals surface area contributed by atoms with Crippen LogP contribution in [-0.2, 0) is 0 Å². The molecule has 0 saturated carbocycles. The minimum atomic E-state index is 0.867. The van der Waals surface area contributed by atoms with Crippen molar-refractivity contribution in [3.8, 4) is 11.8 Å². The molecule has 0 aromatic carbocycles. The Balaban J connectivity index is 3.15. The molecule has 0 nitrogen and oxygen atoms in total. The van der Waals surface area contributed by atoms with Crippen LogP contribution in [0.5, 0.6) is 0 Å². The normalized spacial score (nSPS) is 12.1. The van der Waals surface area contributed by atoms with Crippen LogP contribution < -0.4 is 0 Å². The van der Waals surface area contributed by atoms with Crippen LogP contribution in [0, 0.1) is 23.7 Å². The van der Waals surface area contributed by atoms with Gasteiger partial charge in [-0.1, -0.05) is 195 Å². The predicted octanol–water partition coefficient (Wildman–Crippen LogP) is 14.0. The fraction of sp³-hybridized carbons (Fsp3) is 0.947. The molecule has 0 amide bonds. The number of hydrogen-bond acceptors (Lipinski definition) is 0. The van der Waals surface area contributed by atoms with Crippen LogP contribution in [0.2, 0.25) is 0 Å². The van der Waals surface area contributed by atoms with Crippen molar-refractivity contribution in [2.75, 3.05) is 0 Å². The van der Waals surface area contributed by atoms with Gasteiger partial charge in [0, 0.05) is 12.8 Å². The third kappa shape index (κ3) is 33.6. The Morgan fingerprint density at radius 2 is 0.658 bits per heavy atom. The molecule has 0 heterocycles. The van der Waals surface area contributed by atoms with Crippen LogP contribution in [0.25, 0.3) is 0 Å². The van der Waals surface area contributed by atoms with E-state index in [0.29, 0.717) is 0 Å². The lowest BCUT2D eigenvalue weighted by atomic mass is 9.95. The summed E-state index contributed by atoms with van der Waals surface area (Å²) >= 11 is 0. The highest BCUT2D eigenvalue weighted by Gasteiger charge is 2.02. The Bertz CT molecular complexity index is 478. The zero-order valence-electron chi connectivity index (χ0n) is 27.4. The molecule has 0 aliphatic heterocycles. The summed E-state index contributed by atoms with van der Waals surface area (Å²) in [6.45, 7) is 9.42. The van der Waals surface area contributed by atoms with Gasteiger partial charge in [-0.25, -0.2) is 0 Å². The molecule has 0 bridgehead atoms. The summed E-state index contributed by atoms with van der Waals surface area (Å²) in [6, 6.07) is 0. The quantitative estimate of drug-likeness (QED) is 0.0639. The van der Waals surface area contributed by atoms with Gasteiger partial charge in [-0.05, 0) is 24.7 Å². The van der Waals surface area contributed by atoms with Crippen LogP contribution in [0.15, 0.2) is 0 Å². The van der Waals surface area contributed by atoms with Gasteiger partial charge in [-0.2, -0.15) is 0 Å². The lowest BCUT2D eigenvalue weighted by molar-refractivity contribution is 0.423. The average Bonchev–Trinajstić information content (AvgIpc) is 2.90. The standard InChI is InChI=1S/C38H74/c1-5-6-7-8-9-10-11-12-13-14-15-16-17-18-19-20-21-22-23-24-25-26-27-28-29-30-31-32-35-38(4)36-33-34-37(2)3/h37-38H,5-27,30-36H2,1-4H3. The van der Waals surface area contributed by atoms with Crippen LogP contribution in [0.3, 0.4) is 0 Å². The van der Waals surface area contributed by atoms with Crippen molar-refractivity contribution >= 4 is 0 Å². The van der Waals surface area contributed by atoms with Gasteiger partial charge in [0.1, 0.15) is 0 Å². The fourth-order valence-corrected chi connectivity index (χ4v) is 5.72. The third-order valence-electron chi connectivity index (χ3n) is 8.51. The molecule has 1 unspecified atom stereocenters. The average molecular weight is 531 g/mol. The summed E-state index contributed by atoms with van der Waals surface area (Å²) in [5.41, 5.74) is 0. The monoisotopic (exact) mass is 531 g/mol. The highest BCUT2D eigenvalue weighted by Crippen LogP contribution is 2.18.